The first-order chi connectivity index (χ1) is 20.4. The average Bonchev–Trinajstić information content (AvgIpc) is 3.43. The molecule has 3 heterocycles. The second kappa shape index (κ2) is 13.4. The van der Waals surface area contributed by atoms with Crippen LogP contribution in [0.25, 0.3) is 20.8 Å². The number of carbonyl (C=O) groups is 2. The molecule has 214 valence electrons. The molecule has 0 aliphatic rings. The van der Waals surface area contributed by atoms with E-state index in [1.807, 2.05) is 24.4 Å². The molecule has 0 bridgehead atoms. The van der Waals surface area contributed by atoms with Crippen molar-refractivity contribution in [2.24, 2.45) is 5.73 Å². The van der Waals surface area contributed by atoms with E-state index < -0.39 is 11.7 Å². The molecule has 0 fully saturated rings. The molecular formula is C32H29FN4O4S. The average molecular weight is 585 g/mol. The van der Waals surface area contributed by atoms with E-state index >= 15 is 4.39 Å². The second-order valence-electron chi connectivity index (χ2n) is 9.68. The number of rotatable bonds is 13. The fraction of sp³-hybridized carbons (Fsp3) is 0.188. The monoisotopic (exact) mass is 584 g/mol. The zero-order chi connectivity index (χ0) is 29.5. The Morgan fingerprint density at radius 3 is 2.50 bits per heavy atom. The third-order valence-electron chi connectivity index (χ3n) is 6.50. The highest BCUT2D eigenvalue weighted by atomic mass is 32.1. The zero-order valence-corrected chi connectivity index (χ0v) is 23.7. The first kappa shape index (κ1) is 29.0. The van der Waals surface area contributed by atoms with E-state index in [2.05, 4.69) is 15.3 Å². The van der Waals surface area contributed by atoms with Gasteiger partial charge in [0.15, 0.2) is 11.6 Å². The number of aromatic nitrogens is 2. The van der Waals surface area contributed by atoms with Gasteiger partial charge in [0.05, 0.1) is 27.4 Å². The van der Waals surface area contributed by atoms with Crippen molar-refractivity contribution in [3.05, 3.63) is 107 Å². The van der Waals surface area contributed by atoms with Crippen molar-refractivity contribution < 1.29 is 23.5 Å². The third-order valence-corrected chi connectivity index (χ3v) is 7.66. The van der Waals surface area contributed by atoms with Gasteiger partial charge in [-0.05, 0) is 53.1 Å². The summed E-state index contributed by atoms with van der Waals surface area (Å²) in [4.78, 5) is 34.0. The number of methoxy groups -OCH3 is 1. The Hall–Kier alpha value is -4.51. The summed E-state index contributed by atoms with van der Waals surface area (Å²) in [6.45, 7) is 2.11. The normalized spacial score (nSPS) is 11.1. The Morgan fingerprint density at radius 1 is 0.952 bits per heavy atom. The van der Waals surface area contributed by atoms with E-state index in [1.54, 1.807) is 49.7 Å². The van der Waals surface area contributed by atoms with Gasteiger partial charge >= 0.3 is 0 Å². The maximum Gasteiger partial charge on any atom is 0.248 e. The summed E-state index contributed by atoms with van der Waals surface area (Å²) >= 11 is 1.47. The van der Waals surface area contributed by atoms with Crippen molar-refractivity contribution in [1.82, 2.24) is 15.3 Å². The third kappa shape index (κ3) is 7.22. The lowest BCUT2D eigenvalue weighted by molar-refractivity contribution is -0.117. The summed E-state index contributed by atoms with van der Waals surface area (Å²) in [6, 6.07) is 18.7. The second-order valence-corrected chi connectivity index (χ2v) is 10.7. The number of thiophene rings is 1. The number of primary amides is 1. The van der Waals surface area contributed by atoms with Gasteiger partial charge in [0.25, 0.3) is 0 Å². The van der Waals surface area contributed by atoms with Crippen LogP contribution in [0.4, 0.5) is 4.39 Å². The minimum atomic E-state index is -0.575. The number of carbonyl (C=O) groups excluding carboxylic acids is 2. The fourth-order valence-corrected chi connectivity index (χ4v) is 5.45. The van der Waals surface area contributed by atoms with Crippen molar-refractivity contribution >= 4 is 33.2 Å². The number of amides is 1. The zero-order valence-electron chi connectivity index (χ0n) is 22.9. The summed E-state index contributed by atoms with van der Waals surface area (Å²) in [7, 11) is 1.67. The van der Waals surface area contributed by atoms with Crippen LogP contribution in [0.1, 0.15) is 27.0 Å². The highest BCUT2D eigenvalue weighted by Gasteiger charge is 2.15. The first-order valence-corrected chi connectivity index (χ1v) is 14.1. The van der Waals surface area contributed by atoms with E-state index in [0.717, 1.165) is 32.9 Å². The number of pyridine rings is 2. The topological polar surface area (TPSA) is 116 Å². The van der Waals surface area contributed by atoms with E-state index in [-0.39, 0.29) is 24.4 Å². The minimum absolute atomic E-state index is 0.0425. The predicted octanol–water partition coefficient (Wildman–Crippen LogP) is 5.48. The molecule has 0 aliphatic carbocycles. The van der Waals surface area contributed by atoms with Crippen LogP contribution in [0, 0.1) is 5.82 Å². The van der Waals surface area contributed by atoms with Gasteiger partial charge in [-0.2, -0.15) is 0 Å². The van der Waals surface area contributed by atoms with Crippen LogP contribution in [0.5, 0.6) is 11.5 Å². The lowest BCUT2D eigenvalue weighted by Gasteiger charge is -2.09. The molecule has 5 rings (SSSR count). The van der Waals surface area contributed by atoms with Crippen LogP contribution in [0.2, 0.25) is 0 Å². The van der Waals surface area contributed by atoms with Crippen LogP contribution in [0.15, 0.2) is 79.1 Å². The number of nitrogens with zero attached hydrogens (tertiary/aromatic N) is 2. The number of nitrogens with two attached hydrogens (primary N) is 1. The molecule has 3 aromatic heterocycles. The van der Waals surface area contributed by atoms with Crippen molar-refractivity contribution in [1.29, 1.82) is 0 Å². The molecule has 0 saturated carbocycles. The number of nitrogens with one attached hydrogen (secondary N) is 1. The van der Waals surface area contributed by atoms with Gasteiger partial charge in [0, 0.05) is 57.1 Å². The summed E-state index contributed by atoms with van der Waals surface area (Å²) in [5.74, 6) is -0.719. The molecule has 0 radical (unpaired) electrons. The molecule has 0 saturated heterocycles. The Balaban J connectivity index is 1.26. The molecular weight excluding hydrogens is 555 g/mol. The number of ether oxygens (including phenoxy) is 2. The molecule has 0 aliphatic heterocycles. The molecule has 42 heavy (non-hydrogen) atoms. The summed E-state index contributed by atoms with van der Waals surface area (Å²) in [5, 5.41) is 3.30. The summed E-state index contributed by atoms with van der Waals surface area (Å²) in [6.07, 6.45) is 3.61. The van der Waals surface area contributed by atoms with E-state index in [0.29, 0.717) is 35.6 Å². The molecule has 1 amide bonds. The van der Waals surface area contributed by atoms with E-state index in [4.69, 9.17) is 15.2 Å². The van der Waals surface area contributed by atoms with Crippen LogP contribution >= 0.6 is 11.3 Å². The molecule has 2 aromatic carbocycles. The highest BCUT2D eigenvalue weighted by Crippen LogP contribution is 2.39. The predicted molar refractivity (Wildman–Crippen MR) is 160 cm³/mol. The number of halogens is 1. The quantitative estimate of drug-likeness (QED) is 0.176. The van der Waals surface area contributed by atoms with E-state index in [1.165, 1.54) is 23.5 Å². The molecule has 0 atom stereocenters. The van der Waals surface area contributed by atoms with Crippen molar-refractivity contribution in [3.8, 4) is 22.1 Å². The SMILES string of the molecule is COCCNCc1ccc(-c2cc3nccc(Oc4ccc(CC(=O)Cc5cccc(C(N)=O)c5)cc4F)c3s2)nc1. The van der Waals surface area contributed by atoms with Gasteiger partial charge in [0.1, 0.15) is 11.5 Å². The van der Waals surface area contributed by atoms with Crippen molar-refractivity contribution in [2.45, 2.75) is 19.4 Å². The maximum absolute atomic E-state index is 15.1. The molecule has 5 aromatic rings. The van der Waals surface area contributed by atoms with Gasteiger partial charge in [-0.1, -0.05) is 24.3 Å². The molecule has 10 heteroatoms. The summed E-state index contributed by atoms with van der Waals surface area (Å²) < 4.78 is 26.9. The largest absolute Gasteiger partial charge is 0.453 e. The fourth-order valence-electron chi connectivity index (χ4n) is 4.41. The van der Waals surface area contributed by atoms with Crippen LogP contribution in [-0.2, 0) is 28.9 Å². The Morgan fingerprint density at radius 2 is 1.76 bits per heavy atom. The summed E-state index contributed by atoms with van der Waals surface area (Å²) in [5.41, 5.74) is 9.46. The van der Waals surface area contributed by atoms with Gasteiger partial charge in [-0.3, -0.25) is 19.6 Å². The number of ketones is 1. The van der Waals surface area contributed by atoms with Crippen LogP contribution in [-0.4, -0.2) is 41.9 Å². The number of Topliss-reactive ketones (excluding diaryl/α,β-unsaturated/α-hetero) is 1. The smallest absolute Gasteiger partial charge is 0.248 e. The van der Waals surface area contributed by atoms with Crippen molar-refractivity contribution in [3.63, 3.8) is 0 Å². The van der Waals surface area contributed by atoms with Crippen molar-refractivity contribution in [2.75, 3.05) is 20.3 Å². The highest BCUT2D eigenvalue weighted by molar-refractivity contribution is 7.22. The van der Waals surface area contributed by atoms with Gasteiger partial charge in [-0.25, -0.2) is 4.39 Å². The Bertz CT molecular complexity index is 1720. The number of fused-ring (bicyclic) bond motifs is 1. The van der Waals surface area contributed by atoms with Gasteiger partial charge in [0.2, 0.25) is 5.91 Å². The molecule has 8 nitrogen and oxygen atoms in total. The molecule has 3 N–H and O–H groups in total. The Kier molecular flexibility index (Phi) is 9.28. The van der Waals surface area contributed by atoms with E-state index in [9.17, 15) is 9.59 Å². The number of hydrogen-bond acceptors (Lipinski definition) is 8. The molecule has 0 spiro atoms. The molecule has 0 unspecified atom stereocenters. The number of benzene rings is 2. The van der Waals surface area contributed by atoms with Crippen LogP contribution in [0.3, 0.4) is 0 Å². The van der Waals surface area contributed by atoms with Gasteiger partial charge in [-0.15, -0.1) is 11.3 Å². The van der Waals surface area contributed by atoms with Gasteiger partial charge < -0.3 is 20.5 Å². The standard InChI is InChI=1S/C32H29FN4O4S/c1-40-12-11-35-18-22-5-7-26(37-19-22)30-17-27-31(42-30)29(9-10-36-27)41-28-8-6-21(16-25(28)33)15-24(38)14-20-3-2-4-23(13-20)32(34)39/h2-10,13,16-17,19,35H,11-12,14-15,18H2,1H3,(H2,34,39). The maximum atomic E-state index is 15.1. The Labute approximate surface area is 246 Å². The minimum Gasteiger partial charge on any atom is -0.453 e. The first-order valence-electron chi connectivity index (χ1n) is 13.3. The van der Waals surface area contributed by atoms with Crippen LogP contribution < -0.4 is 15.8 Å². The lowest BCUT2D eigenvalue weighted by atomic mass is 10.0. The lowest BCUT2D eigenvalue weighted by Crippen LogP contribution is -2.18. The number of hydrogen-bond donors (Lipinski definition) is 2.